The van der Waals surface area contributed by atoms with Crippen molar-refractivity contribution in [2.24, 2.45) is 0 Å². The predicted molar refractivity (Wildman–Crippen MR) is 144 cm³/mol. The van der Waals surface area contributed by atoms with Gasteiger partial charge < -0.3 is 14.9 Å². The van der Waals surface area contributed by atoms with Crippen LogP contribution in [0.2, 0.25) is 0 Å². The van der Waals surface area contributed by atoms with Crippen molar-refractivity contribution in [3.05, 3.63) is 73.1 Å². The van der Waals surface area contributed by atoms with Gasteiger partial charge in [0.2, 0.25) is 5.91 Å². The number of amides is 1. The van der Waals surface area contributed by atoms with Gasteiger partial charge in [-0.25, -0.2) is 9.97 Å². The van der Waals surface area contributed by atoms with Gasteiger partial charge >= 0.3 is 0 Å². The van der Waals surface area contributed by atoms with E-state index in [0.717, 1.165) is 63.0 Å². The first-order valence-electron chi connectivity index (χ1n) is 12.3. The number of carbonyl (C=O) groups is 1. The van der Waals surface area contributed by atoms with Crippen molar-refractivity contribution in [2.45, 2.75) is 33.1 Å². The largest absolute Gasteiger partial charge is 0.336 e. The molecule has 6 rings (SSSR count). The minimum Gasteiger partial charge on any atom is -0.336 e. The SMILES string of the molecule is CCCCC(=O)Nc1cncc(-c2ccc3[nH]nc(-c4nc5c(-n6cnc(C)c6)cccc5[nH]4)c3c2)c1. The molecule has 0 aliphatic heterocycles. The number of aromatic amines is 2. The lowest BCUT2D eigenvalue weighted by molar-refractivity contribution is -0.116. The Balaban J connectivity index is 1.37. The van der Waals surface area contributed by atoms with E-state index in [1.54, 1.807) is 18.7 Å². The lowest BCUT2D eigenvalue weighted by Crippen LogP contribution is -2.11. The van der Waals surface area contributed by atoms with Crippen molar-refractivity contribution in [3.8, 4) is 28.3 Å². The lowest BCUT2D eigenvalue weighted by atomic mass is 10.0. The molecule has 0 spiro atoms. The van der Waals surface area contributed by atoms with Gasteiger partial charge in [0.25, 0.3) is 0 Å². The third kappa shape index (κ3) is 4.35. The predicted octanol–water partition coefficient (Wildman–Crippen LogP) is 5.79. The van der Waals surface area contributed by atoms with Crippen LogP contribution in [0.25, 0.3) is 50.3 Å². The first-order valence-corrected chi connectivity index (χ1v) is 12.3. The highest BCUT2D eigenvalue weighted by atomic mass is 16.1. The van der Waals surface area contributed by atoms with E-state index in [2.05, 4.69) is 43.5 Å². The first-order chi connectivity index (χ1) is 18.1. The number of anilines is 1. The molecule has 0 unspecified atom stereocenters. The molecule has 0 radical (unpaired) electrons. The molecular weight excluding hydrogens is 464 g/mol. The fourth-order valence-corrected chi connectivity index (χ4v) is 4.49. The van der Waals surface area contributed by atoms with Crippen LogP contribution >= 0.6 is 0 Å². The van der Waals surface area contributed by atoms with Gasteiger partial charge in [0, 0.05) is 29.8 Å². The number of hydrogen-bond donors (Lipinski definition) is 3. The normalized spacial score (nSPS) is 11.4. The average Bonchev–Trinajstić information content (AvgIpc) is 3.64. The van der Waals surface area contributed by atoms with Gasteiger partial charge in [-0.15, -0.1) is 0 Å². The van der Waals surface area contributed by atoms with E-state index in [4.69, 9.17) is 4.98 Å². The number of unbranched alkanes of at least 4 members (excludes halogenated alkanes) is 1. The molecule has 0 bridgehead atoms. The highest BCUT2D eigenvalue weighted by molar-refractivity contribution is 5.97. The van der Waals surface area contributed by atoms with Gasteiger partial charge in [-0.3, -0.25) is 14.9 Å². The zero-order valence-corrected chi connectivity index (χ0v) is 20.6. The van der Waals surface area contributed by atoms with Gasteiger partial charge in [0.05, 0.1) is 40.6 Å². The van der Waals surface area contributed by atoms with E-state index in [1.165, 1.54) is 0 Å². The molecular formula is C28H26N8O. The summed E-state index contributed by atoms with van der Waals surface area (Å²) in [6.45, 7) is 4.03. The molecule has 4 heterocycles. The van der Waals surface area contributed by atoms with Gasteiger partial charge in [0.1, 0.15) is 11.2 Å². The fourth-order valence-electron chi connectivity index (χ4n) is 4.49. The maximum atomic E-state index is 12.2. The van der Waals surface area contributed by atoms with Crippen LogP contribution in [-0.4, -0.2) is 40.6 Å². The molecule has 0 fully saturated rings. The van der Waals surface area contributed by atoms with E-state index in [9.17, 15) is 4.79 Å². The zero-order chi connectivity index (χ0) is 25.4. The van der Waals surface area contributed by atoms with Gasteiger partial charge in [-0.05, 0) is 49.2 Å². The van der Waals surface area contributed by atoms with Gasteiger partial charge in [0.15, 0.2) is 5.82 Å². The van der Waals surface area contributed by atoms with Crippen molar-refractivity contribution in [1.82, 2.24) is 34.7 Å². The van der Waals surface area contributed by atoms with Crippen LogP contribution in [0.5, 0.6) is 0 Å². The maximum absolute atomic E-state index is 12.2. The van der Waals surface area contributed by atoms with Gasteiger partial charge in [-0.1, -0.05) is 25.5 Å². The van der Waals surface area contributed by atoms with Crippen LogP contribution in [0.3, 0.4) is 0 Å². The molecule has 0 saturated heterocycles. The zero-order valence-electron chi connectivity index (χ0n) is 20.6. The third-order valence-electron chi connectivity index (χ3n) is 6.38. The van der Waals surface area contributed by atoms with Crippen LogP contribution in [0, 0.1) is 6.92 Å². The molecule has 1 amide bonds. The average molecular weight is 491 g/mol. The Kier molecular flexibility index (Phi) is 5.72. The summed E-state index contributed by atoms with van der Waals surface area (Å²) in [5.74, 6) is 0.682. The smallest absolute Gasteiger partial charge is 0.224 e. The van der Waals surface area contributed by atoms with Crippen molar-refractivity contribution in [1.29, 1.82) is 0 Å². The second kappa shape index (κ2) is 9.34. The Morgan fingerprint density at radius 2 is 2.00 bits per heavy atom. The van der Waals surface area contributed by atoms with Crippen LogP contribution in [0.4, 0.5) is 5.69 Å². The molecule has 0 saturated carbocycles. The molecule has 2 aromatic carbocycles. The molecule has 9 heteroatoms. The Morgan fingerprint density at radius 3 is 2.84 bits per heavy atom. The maximum Gasteiger partial charge on any atom is 0.224 e. The number of carbonyl (C=O) groups excluding carboxylic acids is 1. The fraction of sp³-hybridized carbons (Fsp3) is 0.179. The number of fused-ring (bicyclic) bond motifs is 2. The number of para-hydroxylation sites is 1. The Hall–Kier alpha value is -4.79. The number of aromatic nitrogens is 7. The minimum atomic E-state index is 0.00322. The summed E-state index contributed by atoms with van der Waals surface area (Å²) >= 11 is 0. The van der Waals surface area contributed by atoms with Crippen molar-refractivity contribution in [2.75, 3.05) is 5.32 Å². The van der Waals surface area contributed by atoms with Crippen LogP contribution in [0.15, 0.2) is 67.4 Å². The summed E-state index contributed by atoms with van der Waals surface area (Å²) in [7, 11) is 0. The summed E-state index contributed by atoms with van der Waals surface area (Å²) in [6, 6.07) is 14.1. The molecule has 4 aromatic heterocycles. The number of hydrogen-bond acceptors (Lipinski definition) is 5. The van der Waals surface area contributed by atoms with Gasteiger partial charge in [-0.2, -0.15) is 5.10 Å². The third-order valence-corrected chi connectivity index (χ3v) is 6.38. The van der Waals surface area contributed by atoms with E-state index < -0.39 is 0 Å². The Morgan fingerprint density at radius 1 is 1.08 bits per heavy atom. The standard InChI is InChI=1S/C28H26N8O/c1-3-4-8-25(37)31-20-11-19(13-29-14-20)18-9-10-22-21(12-18)26(35-34-22)28-32-23-6-5-7-24(27(23)33-28)36-15-17(2)30-16-36/h5-7,9-16H,3-4,8H2,1-2H3,(H,31,37)(H,32,33)(H,34,35). The summed E-state index contributed by atoms with van der Waals surface area (Å²) in [6.07, 6.45) is 9.59. The molecule has 0 atom stereocenters. The molecule has 184 valence electrons. The van der Waals surface area contributed by atoms with Crippen LogP contribution in [0.1, 0.15) is 31.9 Å². The Bertz CT molecular complexity index is 1740. The topological polar surface area (TPSA) is 117 Å². The van der Waals surface area contributed by atoms with E-state index >= 15 is 0 Å². The highest BCUT2D eigenvalue weighted by Gasteiger charge is 2.16. The van der Waals surface area contributed by atoms with Crippen molar-refractivity contribution in [3.63, 3.8) is 0 Å². The molecule has 37 heavy (non-hydrogen) atoms. The number of pyridine rings is 1. The van der Waals surface area contributed by atoms with Crippen molar-refractivity contribution >= 4 is 33.5 Å². The summed E-state index contributed by atoms with van der Waals surface area (Å²) < 4.78 is 1.98. The Labute approximate surface area is 213 Å². The van der Waals surface area contributed by atoms with E-state index in [0.29, 0.717) is 17.9 Å². The second-order valence-corrected chi connectivity index (χ2v) is 9.13. The molecule has 9 nitrogen and oxygen atoms in total. The molecule has 0 aliphatic carbocycles. The molecule has 3 N–H and O–H groups in total. The molecule has 0 aliphatic rings. The number of nitrogens with zero attached hydrogens (tertiary/aromatic N) is 5. The molecule has 6 aromatic rings. The number of imidazole rings is 2. The minimum absolute atomic E-state index is 0.00322. The second-order valence-electron chi connectivity index (χ2n) is 9.13. The van der Waals surface area contributed by atoms with Crippen LogP contribution < -0.4 is 5.32 Å². The van der Waals surface area contributed by atoms with E-state index in [-0.39, 0.29) is 5.91 Å². The number of rotatable bonds is 7. The lowest BCUT2D eigenvalue weighted by Gasteiger charge is -2.07. The quantitative estimate of drug-likeness (QED) is 0.262. The van der Waals surface area contributed by atoms with Crippen LogP contribution in [-0.2, 0) is 4.79 Å². The highest BCUT2D eigenvalue weighted by Crippen LogP contribution is 2.32. The summed E-state index contributed by atoms with van der Waals surface area (Å²) in [4.78, 5) is 29.2. The summed E-state index contributed by atoms with van der Waals surface area (Å²) in [5, 5.41) is 11.6. The number of nitrogens with one attached hydrogen (secondary N) is 3. The number of benzene rings is 2. The number of H-pyrrole nitrogens is 2. The number of aryl methyl sites for hydroxylation is 1. The van der Waals surface area contributed by atoms with Crippen molar-refractivity contribution < 1.29 is 4.79 Å². The van der Waals surface area contributed by atoms with E-state index in [1.807, 2.05) is 54.1 Å². The first kappa shape index (κ1) is 22.7. The monoisotopic (exact) mass is 490 g/mol. The summed E-state index contributed by atoms with van der Waals surface area (Å²) in [5.41, 5.74) is 7.86.